The highest BCUT2D eigenvalue weighted by molar-refractivity contribution is 7.92. The molecule has 2 amide bonds. The number of carbonyl (C=O) groups excluding carboxylic acids is 2. The summed E-state index contributed by atoms with van der Waals surface area (Å²) in [4.78, 5) is 26.3. The van der Waals surface area contributed by atoms with Crippen molar-refractivity contribution in [3.8, 4) is 5.75 Å². The van der Waals surface area contributed by atoms with Crippen LogP contribution in [0.4, 0.5) is 10.7 Å². The summed E-state index contributed by atoms with van der Waals surface area (Å²) >= 11 is 1.36. The quantitative estimate of drug-likeness (QED) is 0.494. The van der Waals surface area contributed by atoms with Gasteiger partial charge >= 0.3 is 0 Å². The van der Waals surface area contributed by atoms with Crippen LogP contribution in [-0.4, -0.2) is 34.4 Å². The number of anilines is 2. The number of benzene rings is 2. The summed E-state index contributed by atoms with van der Waals surface area (Å²) in [6, 6.07) is 12.4. The molecule has 3 N–H and O–H groups in total. The Labute approximate surface area is 208 Å². The van der Waals surface area contributed by atoms with Crippen molar-refractivity contribution in [2.75, 3.05) is 23.8 Å². The van der Waals surface area contributed by atoms with Crippen molar-refractivity contribution in [1.29, 1.82) is 0 Å². The summed E-state index contributed by atoms with van der Waals surface area (Å²) in [6.45, 7) is 2.15. The standard InChI is InChI=1S/C25H27N3O5S2/c1-15-7-12-20-21(13-15)34-25(22(20)23(26)29)27-24(30)16-5-4-6-19(14-16)35(31,32)28(2)17-8-10-18(33-3)11-9-17/h4-6,8-11,14-15H,7,12-13H2,1-3H3,(H2,26,29)(H,27,30). The van der Waals surface area contributed by atoms with Gasteiger partial charge < -0.3 is 15.8 Å². The first-order chi connectivity index (χ1) is 16.6. The third kappa shape index (κ3) is 4.89. The number of hydrogen-bond acceptors (Lipinski definition) is 6. The molecule has 35 heavy (non-hydrogen) atoms. The molecule has 1 aliphatic rings. The average molecular weight is 514 g/mol. The van der Waals surface area contributed by atoms with Gasteiger partial charge in [0.05, 0.1) is 23.3 Å². The molecule has 1 aromatic heterocycles. The second-order valence-electron chi connectivity index (χ2n) is 8.57. The van der Waals surface area contributed by atoms with Crippen molar-refractivity contribution in [3.63, 3.8) is 0 Å². The van der Waals surface area contributed by atoms with Crippen molar-refractivity contribution in [3.05, 3.63) is 70.1 Å². The Bertz CT molecular complexity index is 1380. The van der Waals surface area contributed by atoms with Crippen LogP contribution in [0, 0.1) is 5.92 Å². The maximum Gasteiger partial charge on any atom is 0.264 e. The number of ether oxygens (including phenoxy) is 1. The number of primary amides is 1. The van der Waals surface area contributed by atoms with Crippen molar-refractivity contribution < 1.29 is 22.7 Å². The van der Waals surface area contributed by atoms with Gasteiger partial charge in [0, 0.05) is 17.5 Å². The van der Waals surface area contributed by atoms with Crippen LogP contribution in [0.2, 0.25) is 0 Å². The Morgan fingerprint density at radius 3 is 2.54 bits per heavy atom. The highest BCUT2D eigenvalue weighted by Crippen LogP contribution is 2.39. The van der Waals surface area contributed by atoms with Crippen LogP contribution in [0.5, 0.6) is 5.75 Å². The van der Waals surface area contributed by atoms with Crippen LogP contribution in [0.25, 0.3) is 0 Å². The molecule has 3 aromatic rings. The number of hydrogen-bond donors (Lipinski definition) is 2. The molecule has 1 atom stereocenters. The predicted molar refractivity (Wildman–Crippen MR) is 137 cm³/mol. The van der Waals surface area contributed by atoms with Crippen LogP contribution in [0.3, 0.4) is 0 Å². The molecule has 0 saturated carbocycles. The molecule has 0 bridgehead atoms. The number of sulfonamides is 1. The van der Waals surface area contributed by atoms with Crippen molar-refractivity contribution >= 4 is 43.9 Å². The third-order valence-corrected chi connectivity index (χ3v) is 9.13. The molecular formula is C25H27N3O5S2. The predicted octanol–water partition coefficient (Wildman–Crippen LogP) is 4.06. The lowest BCUT2D eigenvalue weighted by atomic mass is 9.88. The van der Waals surface area contributed by atoms with E-state index in [1.165, 1.54) is 49.8 Å². The maximum atomic E-state index is 13.2. The number of rotatable bonds is 7. The van der Waals surface area contributed by atoms with E-state index in [9.17, 15) is 18.0 Å². The molecule has 0 aliphatic heterocycles. The van der Waals surface area contributed by atoms with Crippen LogP contribution in [0.1, 0.15) is 44.5 Å². The molecule has 0 saturated heterocycles. The molecular weight excluding hydrogens is 486 g/mol. The fraction of sp³-hybridized carbons (Fsp3) is 0.280. The second kappa shape index (κ2) is 9.71. The number of thiophene rings is 1. The lowest BCUT2D eigenvalue weighted by Gasteiger charge is -2.20. The monoisotopic (exact) mass is 513 g/mol. The minimum Gasteiger partial charge on any atom is -0.497 e. The highest BCUT2D eigenvalue weighted by atomic mass is 32.2. The van der Waals surface area contributed by atoms with Crippen LogP contribution < -0.4 is 20.1 Å². The third-order valence-electron chi connectivity index (χ3n) is 6.18. The van der Waals surface area contributed by atoms with Crippen LogP contribution in [0.15, 0.2) is 53.4 Å². The Morgan fingerprint density at radius 2 is 1.89 bits per heavy atom. The van der Waals surface area contributed by atoms with E-state index < -0.39 is 21.8 Å². The number of nitrogens with one attached hydrogen (secondary N) is 1. The van der Waals surface area contributed by atoms with E-state index in [-0.39, 0.29) is 10.5 Å². The Morgan fingerprint density at radius 1 is 1.17 bits per heavy atom. The van der Waals surface area contributed by atoms with E-state index in [4.69, 9.17) is 10.5 Å². The first-order valence-corrected chi connectivity index (χ1v) is 13.4. The van der Waals surface area contributed by atoms with Gasteiger partial charge in [-0.25, -0.2) is 8.42 Å². The van der Waals surface area contributed by atoms with E-state index >= 15 is 0 Å². The zero-order valence-electron chi connectivity index (χ0n) is 19.7. The maximum absolute atomic E-state index is 13.2. The normalized spacial score (nSPS) is 15.2. The smallest absolute Gasteiger partial charge is 0.264 e. The minimum absolute atomic E-state index is 0.0297. The minimum atomic E-state index is -3.93. The van der Waals surface area contributed by atoms with Gasteiger partial charge in [-0.05, 0) is 73.2 Å². The van der Waals surface area contributed by atoms with Gasteiger partial charge in [0.2, 0.25) is 0 Å². The zero-order valence-corrected chi connectivity index (χ0v) is 21.3. The summed E-state index contributed by atoms with van der Waals surface area (Å²) in [6.07, 6.45) is 2.53. The molecule has 2 aromatic carbocycles. The first kappa shape index (κ1) is 24.7. The average Bonchev–Trinajstić information content (AvgIpc) is 3.20. The first-order valence-electron chi connectivity index (χ1n) is 11.1. The van der Waals surface area contributed by atoms with Gasteiger partial charge in [-0.15, -0.1) is 11.3 Å². The zero-order chi connectivity index (χ0) is 25.3. The molecule has 0 fully saturated rings. The number of nitrogens with two attached hydrogens (primary N) is 1. The summed E-state index contributed by atoms with van der Waals surface area (Å²) in [5, 5.41) is 3.20. The number of amides is 2. The summed E-state index contributed by atoms with van der Waals surface area (Å²) in [5.41, 5.74) is 7.52. The molecule has 0 radical (unpaired) electrons. The molecule has 184 valence electrons. The second-order valence-corrected chi connectivity index (χ2v) is 11.6. The Kier molecular flexibility index (Phi) is 6.86. The summed E-state index contributed by atoms with van der Waals surface area (Å²) in [5.74, 6) is 0.0152. The lowest BCUT2D eigenvalue weighted by molar-refractivity contribution is 0.1000. The molecule has 4 rings (SSSR count). The van der Waals surface area contributed by atoms with Gasteiger partial charge in [-0.1, -0.05) is 13.0 Å². The van der Waals surface area contributed by atoms with Crippen molar-refractivity contribution in [2.45, 2.75) is 31.1 Å². The van der Waals surface area contributed by atoms with Gasteiger partial charge in [-0.3, -0.25) is 13.9 Å². The van der Waals surface area contributed by atoms with E-state index in [0.29, 0.717) is 27.9 Å². The van der Waals surface area contributed by atoms with E-state index in [0.717, 1.165) is 34.0 Å². The fourth-order valence-corrected chi connectivity index (χ4v) is 6.81. The number of fused-ring (bicyclic) bond motifs is 1. The molecule has 0 spiro atoms. The van der Waals surface area contributed by atoms with Crippen LogP contribution >= 0.6 is 11.3 Å². The highest BCUT2D eigenvalue weighted by Gasteiger charge is 2.28. The Balaban J connectivity index is 1.60. The molecule has 1 unspecified atom stereocenters. The number of carbonyl (C=O) groups is 2. The topological polar surface area (TPSA) is 119 Å². The van der Waals surface area contributed by atoms with E-state index in [2.05, 4.69) is 12.2 Å². The van der Waals surface area contributed by atoms with Gasteiger partial charge in [-0.2, -0.15) is 0 Å². The van der Waals surface area contributed by atoms with Gasteiger partial charge in [0.1, 0.15) is 10.8 Å². The van der Waals surface area contributed by atoms with E-state index in [1.807, 2.05) is 0 Å². The number of nitrogens with zero attached hydrogens (tertiary/aromatic N) is 1. The fourth-order valence-electron chi connectivity index (χ4n) is 4.16. The van der Waals surface area contributed by atoms with Crippen molar-refractivity contribution in [1.82, 2.24) is 0 Å². The van der Waals surface area contributed by atoms with Crippen molar-refractivity contribution in [2.24, 2.45) is 11.7 Å². The Hall–Kier alpha value is -3.37. The van der Waals surface area contributed by atoms with E-state index in [1.54, 1.807) is 24.3 Å². The summed E-state index contributed by atoms with van der Waals surface area (Å²) in [7, 11) is -0.953. The SMILES string of the molecule is COc1ccc(N(C)S(=O)(=O)c2cccc(C(=O)Nc3sc4c(c3C(N)=O)CCC(C)C4)c2)cc1. The summed E-state index contributed by atoms with van der Waals surface area (Å²) < 4.78 is 32.7. The molecule has 8 nitrogen and oxygen atoms in total. The molecule has 10 heteroatoms. The number of methoxy groups -OCH3 is 1. The molecule has 1 aliphatic carbocycles. The van der Waals surface area contributed by atoms with Gasteiger partial charge in [0.15, 0.2) is 0 Å². The van der Waals surface area contributed by atoms with Gasteiger partial charge in [0.25, 0.3) is 21.8 Å². The lowest BCUT2D eigenvalue weighted by Crippen LogP contribution is -2.27. The van der Waals surface area contributed by atoms with Crippen LogP contribution in [-0.2, 0) is 22.9 Å². The molecule has 1 heterocycles. The largest absolute Gasteiger partial charge is 0.497 e.